The first-order valence-electron chi connectivity index (χ1n) is 5.44. The lowest BCUT2D eigenvalue weighted by molar-refractivity contribution is 0.276. The molecule has 2 rings (SSSR count). The van der Waals surface area contributed by atoms with E-state index < -0.39 is 11.9 Å². The van der Waals surface area contributed by atoms with Crippen LogP contribution in [0.4, 0.5) is 10.2 Å². The molecule has 1 heterocycles. The standard InChI is InChI=1S/C13H12ClFN2O/c14-10-6-11(15)13(16-7-10)17-12(8-18)9-4-2-1-3-5-9/h1-7,12,18H,8H2,(H,16,17). The van der Waals surface area contributed by atoms with E-state index in [0.29, 0.717) is 0 Å². The molecule has 3 nitrogen and oxygen atoms in total. The van der Waals surface area contributed by atoms with Crippen LogP contribution in [-0.2, 0) is 0 Å². The van der Waals surface area contributed by atoms with Crippen LogP contribution in [0, 0.1) is 5.82 Å². The van der Waals surface area contributed by atoms with Crippen molar-refractivity contribution >= 4 is 17.4 Å². The first kappa shape index (κ1) is 12.8. The van der Waals surface area contributed by atoms with Gasteiger partial charge in [0.1, 0.15) is 0 Å². The summed E-state index contributed by atoms with van der Waals surface area (Å²) in [6, 6.07) is 10.0. The average Bonchev–Trinajstić information content (AvgIpc) is 2.39. The first-order valence-corrected chi connectivity index (χ1v) is 5.82. The summed E-state index contributed by atoms with van der Waals surface area (Å²) in [5, 5.41) is 12.4. The third kappa shape index (κ3) is 2.97. The molecular weight excluding hydrogens is 255 g/mol. The van der Waals surface area contributed by atoms with Gasteiger partial charge in [-0.1, -0.05) is 41.9 Å². The van der Waals surface area contributed by atoms with Gasteiger partial charge < -0.3 is 10.4 Å². The largest absolute Gasteiger partial charge is 0.394 e. The fourth-order valence-electron chi connectivity index (χ4n) is 1.61. The normalized spacial score (nSPS) is 12.2. The van der Waals surface area contributed by atoms with Crippen LogP contribution in [0.3, 0.4) is 0 Å². The van der Waals surface area contributed by atoms with E-state index >= 15 is 0 Å². The van der Waals surface area contributed by atoms with Crippen molar-refractivity contribution in [3.63, 3.8) is 0 Å². The summed E-state index contributed by atoms with van der Waals surface area (Å²) in [5.74, 6) is -0.473. The number of aromatic nitrogens is 1. The zero-order valence-corrected chi connectivity index (χ0v) is 10.2. The number of anilines is 1. The predicted molar refractivity (Wildman–Crippen MR) is 69.1 cm³/mol. The van der Waals surface area contributed by atoms with Gasteiger partial charge in [0.15, 0.2) is 11.6 Å². The van der Waals surface area contributed by atoms with E-state index in [1.54, 1.807) is 0 Å². The van der Waals surface area contributed by atoms with Crippen LogP contribution >= 0.6 is 11.6 Å². The summed E-state index contributed by atoms with van der Waals surface area (Å²) >= 11 is 5.62. The van der Waals surface area contributed by atoms with Crippen molar-refractivity contribution in [2.75, 3.05) is 11.9 Å². The van der Waals surface area contributed by atoms with Crippen molar-refractivity contribution in [1.82, 2.24) is 4.98 Å². The Morgan fingerprint density at radius 3 is 2.67 bits per heavy atom. The maximum absolute atomic E-state index is 13.6. The van der Waals surface area contributed by atoms with Gasteiger partial charge in [0.2, 0.25) is 0 Å². The summed E-state index contributed by atoms with van der Waals surface area (Å²) in [6.07, 6.45) is 1.35. The summed E-state index contributed by atoms with van der Waals surface area (Å²) < 4.78 is 13.6. The molecule has 18 heavy (non-hydrogen) atoms. The second-order valence-corrected chi connectivity index (χ2v) is 4.21. The molecule has 0 bridgehead atoms. The van der Waals surface area contributed by atoms with E-state index in [1.165, 1.54) is 12.3 Å². The van der Waals surface area contributed by atoms with Gasteiger partial charge >= 0.3 is 0 Å². The second kappa shape index (κ2) is 5.80. The maximum Gasteiger partial charge on any atom is 0.166 e. The number of hydrogen-bond donors (Lipinski definition) is 2. The molecule has 1 atom stereocenters. The number of aliphatic hydroxyl groups is 1. The van der Waals surface area contributed by atoms with Crippen molar-refractivity contribution in [3.05, 3.63) is 59.0 Å². The minimum absolute atomic E-state index is 0.0716. The Labute approximate surface area is 109 Å². The summed E-state index contributed by atoms with van der Waals surface area (Å²) in [7, 11) is 0. The molecule has 1 aromatic carbocycles. The van der Waals surface area contributed by atoms with Crippen LogP contribution < -0.4 is 5.32 Å². The Kier molecular flexibility index (Phi) is 4.12. The van der Waals surface area contributed by atoms with Gasteiger partial charge in [0.05, 0.1) is 17.7 Å². The molecule has 5 heteroatoms. The lowest BCUT2D eigenvalue weighted by Crippen LogP contribution is -2.16. The van der Waals surface area contributed by atoms with Crippen molar-refractivity contribution in [3.8, 4) is 0 Å². The third-order valence-electron chi connectivity index (χ3n) is 2.50. The van der Waals surface area contributed by atoms with Gasteiger partial charge in [-0.15, -0.1) is 0 Å². The van der Waals surface area contributed by atoms with Gasteiger partial charge in [-0.25, -0.2) is 9.37 Å². The number of nitrogens with one attached hydrogen (secondary N) is 1. The van der Waals surface area contributed by atoms with Gasteiger partial charge in [-0.3, -0.25) is 0 Å². The molecule has 2 N–H and O–H groups in total. The molecule has 0 aliphatic carbocycles. The molecule has 0 saturated carbocycles. The lowest BCUT2D eigenvalue weighted by atomic mass is 10.1. The molecule has 0 aliphatic rings. The number of pyridine rings is 1. The van der Waals surface area contributed by atoms with E-state index in [9.17, 15) is 9.50 Å². The number of aliphatic hydroxyl groups excluding tert-OH is 1. The Hall–Kier alpha value is -1.65. The molecule has 0 amide bonds. The molecular formula is C13H12ClFN2O. The fourth-order valence-corrected chi connectivity index (χ4v) is 1.75. The highest BCUT2D eigenvalue weighted by Gasteiger charge is 2.13. The zero-order valence-electron chi connectivity index (χ0n) is 9.48. The predicted octanol–water partition coefficient (Wildman–Crippen LogP) is 3.02. The summed E-state index contributed by atoms with van der Waals surface area (Å²) in [4.78, 5) is 3.86. The van der Waals surface area contributed by atoms with Crippen molar-refractivity contribution < 1.29 is 9.50 Å². The highest BCUT2D eigenvalue weighted by Crippen LogP contribution is 2.21. The van der Waals surface area contributed by atoms with Crippen LogP contribution in [0.15, 0.2) is 42.6 Å². The number of rotatable bonds is 4. The van der Waals surface area contributed by atoms with Crippen molar-refractivity contribution in [2.45, 2.75) is 6.04 Å². The van der Waals surface area contributed by atoms with Crippen molar-refractivity contribution in [1.29, 1.82) is 0 Å². The molecule has 1 unspecified atom stereocenters. The maximum atomic E-state index is 13.6. The topological polar surface area (TPSA) is 45.1 Å². The van der Waals surface area contributed by atoms with Crippen LogP contribution in [0.2, 0.25) is 5.02 Å². The average molecular weight is 267 g/mol. The molecule has 0 spiro atoms. The molecule has 0 aliphatic heterocycles. The number of halogens is 2. The summed E-state index contributed by atoms with van der Waals surface area (Å²) in [6.45, 7) is -0.159. The second-order valence-electron chi connectivity index (χ2n) is 3.77. The molecule has 1 aromatic heterocycles. The molecule has 2 aromatic rings. The molecule has 0 radical (unpaired) electrons. The fraction of sp³-hybridized carbons (Fsp3) is 0.154. The van der Waals surface area contributed by atoms with E-state index in [2.05, 4.69) is 10.3 Å². The highest BCUT2D eigenvalue weighted by molar-refractivity contribution is 6.30. The van der Waals surface area contributed by atoms with Gasteiger partial charge in [0.25, 0.3) is 0 Å². The first-order chi connectivity index (χ1) is 8.70. The van der Waals surface area contributed by atoms with Crippen LogP contribution in [-0.4, -0.2) is 16.7 Å². The van der Waals surface area contributed by atoms with E-state index in [4.69, 9.17) is 11.6 Å². The zero-order chi connectivity index (χ0) is 13.0. The monoisotopic (exact) mass is 266 g/mol. The molecule has 94 valence electrons. The van der Waals surface area contributed by atoms with Crippen LogP contribution in [0.25, 0.3) is 0 Å². The molecule has 0 saturated heterocycles. The summed E-state index contributed by atoms with van der Waals surface area (Å²) in [5.41, 5.74) is 0.858. The quantitative estimate of drug-likeness (QED) is 0.894. The Balaban J connectivity index is 2.21. The van der Waals surface area contributed by atoms with E-state index in [-0.39, 0.29) is 17.4 Å². The van der Waals surface area contributed by atoms with Gasteiger partial charge in [0, 0.05) is 6.20 Å². The van der Waals surface area contributed by atoms with Crippen LogP contribution in [0.1, 0.15) is 11.6 Å². The SMILES string of the molecule is OCC(Nc1ncc(Cl)cc1F)c1ccccc1. The van der Waals surface area contributed by atoms with Gasteiger partial charge in [-0.05, 0) is 11.6 Å². The minimum Gasteiger partial charge on any atom is -0.394 e. The van der Waals surface area contributed by atoms with Crippen molar-refractivity contribution in [2.24, 2.45) is 0 Å². The number of nitrogens with zero attached hydrogens (tertiary/aromatic N) is 1. The van der Waals surface area contributed by atoms with E-state index in [0.717, 1.165) is 5.56 Å². The minimum atomic E-state index is -0.545. The van der Waals surface area contributed by atoms with Gasteiger partial charge in [-0.2, -0.15) is 0 Å². The lowest BCUT2D eigenvalue weighted by Gasteiger charge is -2.17. The Bertz CT molecular complexity index is 522. The Morgan fingerprint density at radius 2 is 2.06 bits per heavy atom. The third-order valence-corrected chi connectivity index (χ3v) is 2.71. The smallest absolute Gasteiger partial charge is 0.166 e. The highest BCUT2D eigenvalue weighted by atomic mass is 35.5. The Morgan fingerprint density at radius 1 is 1.33 bits per heavy atom. The number of hydrogen-bond acceptors (Lipinski definition) is 3. The molecule has 0 fully saturated rings. The number of benzene rings is 1. The van der Waals surface area contributed by atoms with E-state index in [1.807, 2.05) is 30.3 Å². The van der Waals surface area contributed by atoms with Crippen LogP contribution in [0.5, 0.6) is 0 Å².